The summed E-state index contributed by atoms with van der Waals surface area (Å²) in [4.78, 5) is 25.6. The third kappa shape index (κ3) is 7.28. The van der Waals surface area contributed by atoms with Gasteiger partial charge in [-0.05, 0) is 69.4 Å². The van der Waals surface area contributed by atoms with Gasteiger partial charge in [-0.25, -0.2) is 4.39 Å². The zero-order valence-electron chi connectivity index (χ0n) is 27.9. The molecule has 0 bridgehead atoms. The molecule has 262 valence electrons. The Kier molecular flexibility index (Phi) is 13.3. The van der Waals surface area contributed by atoms with Gasteiger partial charge < -0.3 is 34.5 Å². The number of amides is 1. The summed E-state index contributed by atoms with van der Waals surface area (Å²) in [6.07, 6.45) is 8.89. The second-order valence-corrected chi connectivity index (χ2v) is 14.4. The molecular weight excluding hydrogens is 617 g/mol. The number of unbranched alkanes of at least 4 members (excludes halogenated alkanes) is 3. The number of allylic oxidation sites excluding steroid dienone is 4. The van der Waals surface area contributed by atoms with Gasteiger partial charge in [-0.2, -0.15) is 0 Å². The summed E-state index contributed by atoms with van der Waals surface area (Å²) in [5.41, 5.74) is -5.19. The maximum absolute atomic E-state index is 17.3. The number of rotatable bonds is 19. The predicted molar refractivity (Wildman–Crippen MR) is 173 cm³/mol. The molecule has 0 saturated heterocycles. The molecule has 4 rings (SSSR count). The summed E-state index contributed by atoms with van der Waals surface area (Å²) in [5, 5.41) is 26.4. The molecular formula is C35H55ClFNO8. The highest BCUT2D eigenvalue weighted by molar-refractivity contribution is 6.17. The molecule has 4 aliphatic carbocycles. The molecule has 0 radical (unpaired) electrons. The first-order valence-electron chi connectivity index (χ1n) is 17.2. The highest BCUT2D eigenvalue weighted by Gasteiger charge is 2.75. The third-order valence-corrected chi connectivity index (χ3v) is 11.7. The van der Waals surface area contributed by atoms with Gasteiger partial charge in [-0.1, -0.05) is 38.3 Å². The number of aliphatic hydroxyl groups excluding tert-OH is 1. The van der Waals surface area contributed by atoms with Crippen LogP contribution in [0.4, 0.5) is 4.39 Å². The van der Waals surface area contributed by atoms with E-state index >= 15 is 4.39 Å². The Bertz CT molecular complexity index is 1110. The SMILES string of the molecule is C[C@@H]1CC2[C@@H]3CCC4=CC(=O)C=C[C@]4(C)[C@@]3(F)[C@@H](O)C[C@]2(C)[C@@]1(O)C(=O)NCCOCCOCCOCCOCCCCCCCl. The quantitative estimate of drug-likeness (QED) is 0.137. The molecule has 0 aromatic rings. The Labute approximate surface area is 278 Å². The van der Waals surface area contributed by atoms with E-state index in [1.807, 2.05) is 13.8 Å². The van der Waals surface area contributed by atoms with Crippen molar-refractivity contribution in [2.75, 3.05) is 65.3 Å². The zero-order chi connectivity index (χ0) is 33.4. The van der Waals surface area contributed by atoms with Crippen molar-refractivity contribution in [1.82, 2.24) is 5.32 Å². The van der Waals surface area contributed by atoms with Crippen LogP contribution in [0.5, 0.6) is 0 Å². The number of carbonyl (C=O) groups is 2. The van der Waals surface area contributed by atoms with Crippen LogP contribution in [0, 0.1) is 28.6 Å². The van der Waals surface area contributed by atoms with Gasteiger partial charge in [-0.3, -0.25) is 9.59 Å². The number of hydrogen-bond donors (Lipinski definition) is 3. The van der Waals surface area contributed by atoms with Gasteiger partial charge in [0.25, 0.3) is 5.91 Å². The van der Waals surface area contributed by atoms with Crippen LogP contribution >= 0.6 is 11.6 Å². The minimum Gasteiger partial charge on any atom is -0.390 e. The number of aliphatic hydroxyl groups is 2. The molecule has 0 heterocycles. The Hall–Kier alpha value is -1.40. The Morgan fingerprint density at radius 1 is 0.978 bits per heavy atom. The smallest absolute Gasteiger partial charge is 0.252 e. The van der Waals surface area contributed by atoms with E-state index in [4.69, 9.17) is 30.5 Å². The van der Waals surface area contributed by atoms with E-state index in [0.29, 0.717) is 64.5 Å². The van der Waals surface area contributed by atoms with E-state index in [1.54, 1.807) is 13.0 Å². The van der Waals surface area contributed by atoms with Crippen molar-refractivity contribution in [3.05, 3.63) is 23.8 Å². The molecule has 0 aromatic heterocycles. The highest BCUT2D eigenvalue weighted by Crippen LogP contribution is 2.70. The number of halogens is 2. The summed E-state index contributed by atoms with van der Waals surface area (Å²) in [7, 11) is 0. The van der Waals surface area contributed by atoms with Crippen molar-refractivity contribution in [2.45, 2.75) is 89.5 Å². The molecule has 0 spiro atoms. The molecule has 3 N–H and O–H groups in total. The zero-order valence-corrected chi connectivity index (χ0v) is 28.6. The number of ketones is 1. The van der Waals surface area contributed by atoms with Crippen LogP contribution < -0.4 is 5.32 Å². The number of fused-ring (bicyclic) bond motifs is 5. The van der Waals surface area contributed by atoms with Crippen molar-refractivity contribution in [2.24, 2.45) is 28.6 Å². The summed E-state index contributed by atoms with van der Waals surface area (Å²) < 4.78 is 39.5. The van der Waals surface area contributed by atoms with Crippen LogP contribution in [-0.4, -0.2) is 105 Å². The Morgan fingerprint density at radius 3 is 2.24 bits per heavy atom. The molecule has 4 aliphatic rings. The summed E-state index contributed by atoms with van der Waals surface area (Å²) >= 11 is 5.66. The van der Waals surface area contributed by atoms with E-state index in [0.717, 1.165) is 38.2 Å². The van der Waals surface area contributed by atoms with Crippen molar-refractivity contribution >= 4 is 23.3 Å². The van der Waals surface area contributed by atoms with Crippen LogP contribution in [0.1, 0.15) is 72.1 Å². The second kappa shape index (κ2) is 16.3. The molecule has 0 aliphatic heterocycles. The summed E-state index contributed by atoms with van der Waals surface area (Å²) in [6.45, 7) is 9.36. The molecule has 9 nitrogen and oxygen atoms in total. The van der Waals surface area contributed by atoms with E-state index in [9.17, 15) is 19.8 Å². The van der Waals surface area contributed by atoms with Gasteiger partial charge in [0, 0.05) is 35.8 Å². The molecule has 0 aromatic carbocycles. The average molecular weight is 672 g/mol. The predicted octanol–water partition coefficient (Wildman–Crippen LogP) is 4.32. The number of hydrogen-bond acceptors (Lipinski definition) is 8. The van der Waals surface area contributed by atoms with E-state index in [1.165, 1.54) is 12.2 Å². The van der Waals surface area contributed by atoms with Gasteiger partial charge in [0.05, 0.1) is 52.4 Å². The summed E-state index contributed by atoms with van der Waals surface area (Å²) in [6, 6.07) is 0. The Balaban J connectivity index is 1.15. The highest BCUT2D eigenvalue weighted by atomic mass is 35.5. The van der Waals surface area contributed by atoms with E-state index in [-0.39, 0.29) is 31.3 Å². The maximum Gasteiger partial charge on any atom is 0.252 e. The topological polar surface area (TPSA) is 124 Å². The van der Waals surface area contributed by atoms with Crippen LogP contribution in [0.15, 0.2) is 23.8 Å². The van der Waals surface area contributed by atoms with Crippen LogP contribution in [0.2, 0.25) is 0 Å². The molecule has 1 unspecified atom stereocenters. The molecule has 3 fully saturated rings. The monoisotopic (exact) mass is 671 g/mol. The van der Waals surface area contributed by atoms with Crippen molar-refractivity contribution in [3.8, 4) is 0 Å². The number of nitrogens with one attached hydrogen (secondary N) is 1. The molecule has 1 amide bonds. The van der Waals surface area contributed by atoms with Gasteiger partial charge >= 0.3 is 0 Å². The van der Waals surface area contributed by atoms with Crippen molar-refractivity contribution in [3.63, 3.8) is 0 Å². The van der Waals surface area contributed by atoms with Crippen LogP contribution in [0.25, 0.3) is 0 Å². The fourth-order valence-electron chi connectivity index (χ4n) is 8.82. The lowest BCUT2D eigenvalue weighted by atomic mass is 9.44. The third-order valence-electron chi connectivity index (χ3n) is 11.4. The molecule has 46 heavy (non-hydrogen) atoms. The lowest BCUT2D eigenvalue weighted by molar-refractivity contribution is -0.219. The minimum absolute atomic E-state index is 0.0520. The average Bonchev–Trinajstić information content (AvgIpc) is 3.22. The lowest BCUT2D eigenvalue weighted by Gasteiger charge is -2.62. The maximum atomic E-state index is 17.3. The number of carbonyl (C=O) groups excluding carboxylic acids is 2. The van der Waals surface area contributed by atoms with E-state index in [2.05, 4.69) is 5.32 Å². The molecule has 8 atom stereocenters. The Morgan fingerprint density at radius 2 is 1.59 bits per heavy atom. The first-order valence-corrected chi connectivity index (χ1v) is 17.7. The van der Waals surface area contributed by atoms with Crippen molar-refractivity contribution in [1.29, 1.82) is 0 Å². The molecule has 11 heteroatoms. The van der Waals surface area contributed by atoms with Gasteiger partial charge in [0.1, 0.15) is 0 Å². The van der Waals surface area contributed by atoms with E-state index < -0.39 is 45.9 Å². The second-order valence-electron chi connectivity index (χ2n) is 14.0. The summed E-state index contributed by atoms with van der Waals surface area (Å²) in [5.74, 6) is -1.26. The first-order chi connectivity index (χ1) is 22.0. The fourth-order valence-corrected chi connectivity index (χ4v) is 9.00. The standard InChI is InChI=1S/C35H55ClFNO8/c1-25-22-29-28-9-8-26-23-27(39)10-11-32(26,2)34(28,37)30(40)24-33(29,3)35(25,42)31(41)38-13-15-44-17-19-46-21-20-45-18-16-43-14-7-5-4-6-12-36/h10-11,23,25,28-30,40,42H,4-9,12-22,24H2,1-3H3,(H,38,41)/t25-,28+,29?,30+,32+,33+,34+,35+/m1/s1. The van der Waals surface area contributed by atoms with Crippen LogP contribution in [0.3, 0.4) is 0 Å². The largest absolute Gasteiger partial charge is 0.390 e. The van der Waals surface area contributed by atoms with Gasteiger partial charge in [-0.15, -0.1) is 11.6 Å². The number of alkyl halides is 2. The minimum atomic E-state index is -2.00. The van der Waals surface area contributed by atoms with Gasteiger partial charge in [0.15, 0.2) is 17.1 Å². The lowest BCUT2D eigenvalue weighted by Crippen LogP contribution is -2.70. The van der Waals surface area contributed by atoms with Crippen molar-refractivity contribution < 1.29 is 43.1 Å². The first kappa shape index (κ1) is 37.4. The molecule has 3 saturated carbocycles. The van der Waals surface area contributed by atoms with Crippen LogP contribution in [-0.2, 0) is 28.5 Å². The fraction of sp³-hybridized carbons (Fsp3) is 0.829. The van der Waals surface area contributed by atoms with Gasteiger partial charge in [0.2, 0.25) is 0 Å². The normalized spacial score (nSPS) is 36.6. The number of ether oxygens (including phenoxy) is 4.